The van der Waals surface area contributed by atoms with Gasteiger partial charge < -0.3 is 18.9 Å². The highest BCUT2D eigenvalue weighted by Gasteiger charge is 2.27. The summed E-state index contributed by atoms with van der Waals surface area (Å²) in [7, 11) is 4.76. The molecule has 0 saturated heterocycles. The average molecular weight is 368 g/mol. The van der Waals surface area contributed by atoms with E-state index in [4.69, 9.17) is 18.9 Å². The third kappa shape index (κ3) is 3.77. The zero-order valence-corrected chi connectivity index (χ0v) is 16.3. The van der Waals surface area contributed by atoms with Crippen LogP contribution >= 0.6 is 0 Å². The lowest BCUT2D eigenvalue weighted by Crippen LogP contribution is -2.06. The van der Waals surface area contributed by atoms with Gasteiger partial charge in [-0.15, -0.1) is 0 Å². The second-order valence-corrected chi connectivity index (χ2v) is 6.62. The molecule has 2 aromatic rings. The van der Waals surface area contributed by atoms with E-state index in [1.165, 1.54) is 0 Å². The molecule has 0 unspecified atom stereocenters. The van der Waals surface area contributed by atoms with Crippen molar-refractivity contribution in [2.75, 3.05) is 21.3 Å². The van der Waals surface area contributed by atoms with Crippen LogP contribution in [-0.2, 0) is 6.42 Å². The number of carbonyl (C=O) groups is 1. The van der Waals surface area contributed by atoms with Crippen molar-refractivity contribution in [3.8, 4) is 23.0 Å². The fourth-order valence-electron chi connectivity index (χ4n) is 3.18. The quantitative estimate of drug-likeness (QED) is 0.711. The Morgan fingerprint density at radius 1 is 0.889 bits per heavy atom. The molecule has 3 rings (SSSR count). The fraction of sp³-hybridized carbons (Fsp3) is 0.318. The molecule has 27 heavy (non-hydrogen) atoms. The predicted molar refractivity (Wildman–Crippen MR) is 104 cm³/mol. The van der Waals surface area contributed by atoms with Crippen LogP contribution in [0.5, 0.6) is 23.0 Å². The molecule has 0 amide bonds. The van der Waals surface area contributed by atoms with E-state index in [9.17, 15) is 4.79 Å². The number of fused-ring (bicyclic) bond motifs is 1. The molecule has 0 radical (unpaired) electrons. The van der Waals surface area contributed by atoms with Crippen molar-refractivity contribution in [3.05, 3.63) is 52.6 Å². The fourth-order valence-corrected chi connectivity index (χ4v) is 3.18. The van der Waals surface area contributed by atoms with Crippen LogP contribution in [0, 0.1) is 0 Å². The van der Waals surface area contributed by atoms with Gasteiger partial charge in [-0.1, -0.05) is 6.07 Å². The van der Waals surface area contributed by atoms with Crippen molar-refractivity contribution in [1.82, 2.24) is 0 Å². The zero-order chi connectivity index (χ0) is 19.6. The lowest BCUT2D eigenvalue weighted by atomic mass is 10.1. The summed E-state index contributed by atoms with van der Waals surface area (Å²) in [6.45, 7) is 3.92. The smallest absolute Gasteiger partial charge is 0.189 e. The Morgan fingerprint density at radius 3 is 2.19 bits per heavy atom. The summed E-state index contributed by atoms with van der Waals surface area (Å²) < 4.78 is 21.8. The number of benzene rings is 2. The summed E-state index contributed by atoms with van der Waals surface area (Å²) in [6.07, 6.45) is 2.48. The van der Waals surface area contributed by atoms with Crippen LogP contribution in [0.25, 0.3) is 6.08 Å². The highest BCUT2D eigenvalue weighted by atomic mass is 16.5. The number of ether oxygens (including phenoxy) is 4. The molecule has 5 heteroatoms. The SMILES string of the molecule is COc1cc2c(cc1OC)C(=O)/C(=C\c1ccc(OC)c(OC(C)C)c1)C2. The van der Waals surface area contributed by atoms with Crippen molar-refractivity contribution in [3.63, 3.8) is 0 Å². The summed E-state index contributed by atoms with van der Waals surface area (Å²) in [4.78, 5) is 12.8. The number of Topliss-reactive ketones (excluding diaryl/α,β-unsaturated/α-hetero) is 1. The van der Waals surface area contributed by atoms with E-state index < -0.39 is 0 Å². The maximum atomic E-state index is 12.8. The molecule has 1 aliphatic rings. The average Bonchev–Trinajstić information content (AvgIpc) is 2.95. The van der Waals surface area contributed by atoms with E-state index in [1.807, 2.05) is 44.2 Å². The molecule has 0 heterocycles. The molecule has 0 N–H and O–H groups in total. The van der Waals surface area contributed by atoms with Crippen LogP contribution in [0.2, 0.25) is 0 Å². The number of carbonyl (C=O) groups excluding carboxylic acids is 1. The van der Waals surface area contributed by atoms with Crippen LogP contribution in [0.1, 0.15) is 35.3 Å². The lowest BCUT2D eigenvalue weighted by molar-refractivity contribution is 0.104. The van der Waals surface area contributed by atoms with Gasteiger partial charge in [0.25, 0.3) is 0 Å². The van der Waals surface area contributed by atoms with Gasteiger partial charge in [-0.2, -0.15) is 0 Å². The Bertz CT molecular complexity index is 896. The summed E-state index contributed by atoms with van der Waals surface area (Å²) in [5, 5.41) is 0. The second kappa shape index (κ2) is 7.74. The molecule has 0 aromatic heterocycles. The Balaban J connectivity index is 1.95. The third-order valence-corrected chi connectivity index (χ3v) is 4.42. The first-order chi connectivity index (χ1) is 13.0. The number of hydrogen-bond donors (Lipinski definition) is 0. The van der Waals surface area contributed by atoms with E-state index in [0.29, 0.717) is 35.0 Å². The Morgan fingerprint density at radius 2 is 1.56 bits per heavy atom. The van der Waals surface area contributed by atoms with Gasteiger partial charge in [-0.3, -0.25) is 4.79 Å². The molecule has 142 valence electrons. The van der Waals surface area contributed by atoms with Crippen LogP contribution in [-0.4, -0.2) is 33.2 Å². The number of allylic oxidation sites excluding steroid dienone is 1. The summed E-state index contributed by atoms with van der Waals surface area (Å²) in [5.74, 6) is 2.52. The van der Waals surface area contributed by atoms with Gasteiger partial charge in [0.1, 0.15) is 0 Å². The predicted octanol–water partition coefficient (Wildman–Crippen LogP) is 4.32. The lowest BCUT2D eigenvalue weighted by Gasteiger charge is -2.14. The molecule has 0 spiro atoms. The minimum atomic E-state index is 0.00750. The molecule has 0 bridgehead atoms. The van der Waals surface area contributed by atoms with Crippen molar-refractivity contribution in [1.29, 1.82) is 0 Å². The van der Waals surface area contributed by atoms with Gasteiger partial charge in [-0.25, -0.2) is 0 Å². The van der Waals surface area contributed by atoms with Gasteiger partial charge in [0.15, 0.2) is 28.8 Å². The first kappa shape index (κ1) is 18.8. The molecule has 2 aromatic carbocycles. The third-order valence-electron chi connectivity index (χ3n) is 4.42. The first-order valence-electron chi connectivity index (χ1n) is 8.81. The summed E-state index contributed by atoms with van der Waals surface area (Å²) in [5.41, 5.74) is 3.21. The zero-order valence-electron chi connectivity index (χ0n) is 16.3. The van der Waals surface area contributed by atoms with Gasteiger partial charge in [0, 0.05) is 17.6 Å². The molecule has 0 aliphatic heterocycles. The number of hydrogen-bond acceptors (Lipinski definition) is 5. The van der Waals surface area contributed by atoms with E-state index in [1.54, 1.807) is 27.4 Å². The van der Waals surface area contributed by atoms with Crippen molar-refractivity contribution < 1.29 is 23.7 Å². The van der Waals surface area contributed by atoms with Crippen molar-refractivity contribution in [2.24, 2.45) is 0 Å². The minimum Gasteiger partial charge on any atom is -0.493 e. The van der Waals surface area contributed by atoms with Gasteiger partial charge in [0.05, 0.1) is 27.4 Å². The normalized spacial score (nSPS) is 14.4. The van der Waals surface area contributed by atoms with Crippen molar-refractivity contribution >= 4 is 11.9 Å². The molecular weight excluding hydrogens is 344 g/mol. The highest BCUT2D eigenvalue weighted by Crippen LogP contribution is 2.37. The molecule has 0 fully saturated rings. The van der Waals surface area contributed by atoms with Crippen LogP contribution < -0.4 is 18.9 Å². The number of ketones is 1. The highest BCUT2D eigenvalue weighted by molar-refractivity contribution is 6.16. The van der Waals surface area contributed by atoms with Gasteiger partial charge >= 0.3 is 0 Å². The molecule has 1 aliphatic carbocycles. The molecule has 5 nitrogen and oxygen atoms in total. The van der Waals surface area contributed by atoms with Crippen LogP contribution in [0.4, 0.5) is 0 Å². The molecular formula is C22H24O5. The minimum absolute atomic E-state index is 0.00750. The summed E-state index contributed by atoms with van der Waals surface area (Å²) >= 11 is 0. The largest absolute Gasteiger partial charge is 0.493 e. The van der Waals surface area contributed by atoms with E-state index in [-0.39, 0.29) is 11.9 Å². The van der Waals surface area contributed by atoms with Crippen LogP contribution in [0.3, 0.4) is 0 Å². The maximum Gasteiger partial charge on any atom is 0.189 e. The van der Waals surface area contributed by atoms with Gasteiger partial charge in [-0.05, 0) is 55.3 Å². The Hall–Kier alpha value is -2.95. The standard InChI is InChI=1S/C22H24O5/c1-13(2)27-21-9-14(6-7-18(21)24-3)8-16-10-15-11-19(25-4)20(26-5)12-17(15)22(16)23/h6-9,11-13H,10H2,1-5H3/b16-8-. The summed E-state index contributed by atoms with van der Waals surface area (Å²) in [6, 6.07) is 9.27. The topological polar surface area (TPSA) is 54.0 Å². The van der Waals surface area contributed by atoms with E-state index in [0.717, 1.165) is 16.7 Å². The second-order valence-electron chi connectivity index (χ2n) is 6.62. The van der Waals surface area contributed by atoms with Gasteiger partial charge in [0.2, 0.25) is 0 Å². The molecule has 0 saturated carbocycles. The Labute approximate surface area is 159 Å². The van der Waals surface area contributed by atoms with Crippen LogP contribution in [0.15, 0.2) is 35.9 Å². The van der Waals surface area contributed by atoms with E-state index >= 15 is 0 Å². The monoisotopic (exact) mass is 368 g/mol. The Kier molecular flexibility index (Phi) is 5.40. The first-order valence-corrected chi connectivity index (χ1v) is 8.81. The number of rotatable bonds is 6. The molecule has 0 atom stereocenters. The van der Waals surface area contributed by atoms with E-state index in [2.05, 4.69) is 0 Å². The van der Waals surface area contributed by atoms with Crippen molar-refractivity contribution in [2.45, 2.75) is 26.4 Å². The number of methoxy groups -OCH3 is 3. The maximum absolute atomic E-state index is 12.8.